The standard InChI is InChI=1S/C16H17N3/c1-9-14(7-17)16(15(8-18)10(2)19-9)13-6-11-3-4-12(13)5-11/h3-4,11-13,16,19H,5-6H2,1-2H3/t11-,12-,13-/m0/s1. The molecule has 2 aliphatic carbocycles. The molecule has 1 fully saturated rings. The minimum atomic E-state index is -0.00352. The molecule has 1 aliphatic heterocycles. The number of fused-ring (bicyclic) bond motifs is 2. The van der Waals surface area contributed by atoms with Crippen molar-refractivity contribution in [2.24, 2.45) is 23.7 Å². The molecule has 0 saturated heterocycles. The average molecular weight is 251 g/mol. The zero-order valence-corrected chi connectivity index (χ0v) is 11.3. The van der Waals surface area contributed by atoms with E-state index in [1.165, 1.54) is 6.42 Å². The van der Waals surface area contributed by atoms with Gasteiger partial charge in [0.05, 0.1) is 23.3 Å². The second-order valence-corrected chi connectivity index (χ2v) is 5.85. The van der Waals surface area contributed by atoms with E-state index >= 15 is 0 Å². The fourth-order valence-corrected chi connectivity index (χ4v) is 3.97. The highest BCUT2D eigenvalue weighted by molar-refractivity contribution is 5.48. The van der Waals surface area contributed by atoms with Gasteiger partial charge in [-0.05, 0) is 44.4 Å². The Labute approximate surface area is 113 Å². The summed E-state index contributed by atoms with van der Waals surface area (Å²) in [5, 5.41) is 22.1. The molecule has 3 aliphatic rings. The van der Waals surface area contributed by atoms with Crippen LogP contribution in [0.25, 0.3) is 0 Å². The van der Waals surface area contributed by atoms with E-state index in [-0.39, 0.29) is 5.92 Å². The van der Waals surface area contributed by atoms with Crippen molar-refractivity contribution in [2.75, 3.05) is 0 Å². The number of nitriles is 2. The summed E-state index contributed by atoms with van der Waals surface area (Å²) >= 11 is 0. The van der Waals surface area contributed by atoms with Gasteiger partial charge in [-0.15, -0.1) is 0 Å². The van der Waals surface area contributed by atoms with Gasteiger partial charge in [-0.2, -0.15) is 10.5 Å². The number of nitrogens with zero attached hydrogens (tertiary/aromatic N) is 2. The molecule has 0 aromatic rings. The van der Waals surface area contributed by atoms with E-state index in [4.69, 9.17) is 0 Å². The predicted octanol–water partition coefficient (Wildman–Crippen LogP) is 3.01. The SMILES string of the molecule is CC1=C(C#N)C([C@H]2C[C@H]3C=C[C@H]2C3)C(C#N)=C(C)N1. The van der Waals surface area contributed by atoms with Crippen LogP contribution < -0.4 is 5.32 Å². The normalized spacial score (nSPS) is 33.4. The van der Waals surface area contributed by atoms with Crippen LogP contribution in [-0.4, -0.2) is 0 Å². The van der Waals surface area contributed by atoms with E-state index in [9.17, 15) is 10.5 Å². The maximum Gasteiger partial charge on any atom is 0.0972 e. The van der Waals surface area contributed by atoms with E-state index in [1.807, 2.05) is 13.8 Å². The van der Waals surface area contributed by atoms with Crippen LogP contribution in [0.5, 0.6) is 0 Å². The monoisotopic (exact) mass is 251 g/mol. The smallest absolute Gasteiger partial charge is 0.0972 e. The number of dihydropyridines is 1. The highest BCUT2D eigenvalue weighted by Gasteiger charge is 2.44. The summed E-state index contributed by atoms with van der Waals surface area (Å²) < 4.78 is 0. The maximum absolute atomic E-state index is 9.46. The molecule has 0 spiro atoms. The van der Waals surface area contributed by atoms with Crippen molar-refractivity contribution in [1.29, 1.82) is 10.5 Å². The summed E-state index contributed by atoms with van der Waals surface area (Å²) in [6.07, 6.45) is 6.90. The Hall–Kier alpha value is -2.00. The third-order valence-corrected chi connectivity index (χ3v) is 4.80. The summed E-state index contributed by atoms with van der Waals surface area (Å²) in [4.78, 5) is 0. The maximum atomic E-state index is 9.46. The molecule has 96 valence electrons. The lowest BCUT2D eigenvalue weighted by molar-refractivity contribution is 0.363. The lowest BCUT2D eigenvalue weighted by atomic mass is 9.72. The number of allylic oxidation sites excluding steroid dienone is 6. The first-order valence-corrected chi connectivity index (χ1v) is 6.82. The highest BCUT2D eigenvalue weighted by atomic mass is 14.9. The Balaban J connectivity index is 2.05. The number of hydrogen-bond acceptors (Lipinski definition) is 3. The van der Waals surface area contributed by atoms with Crippen LogP contribution in [0.15, 0.2) is 34.7 Å². The van der Waals surface area contributed by atoms with Crippen LogP contribution in [0.2, 0.25) is 0 Å². The minimum absolute atomic E-state index is 0.00352. The molecule has 0 aromatic heterocycles. The average Bonchev–Trinajstić information content (AvgIpc) is 3.00. The first kappa shape index (κ1) is 12.1. The molecule has 1 saturated carbocycles. The Morgan fingerprint density at radius 3 is 2.11 bits per heavy atom. The second kappa shape index (κ2) is 4.28. The first-order chi connectivity index (χ1) is 9.15. The summed E-state index contributed by atoms with van der Waals surface area (Å²) in [5.41, 5.74) is 3.34. The Bertz CT molecular complexity index is 558. The van der Waals surface area contributed by atoms with Crippen LogP contribution in [0.3, 0.4) is 0 Å². The molecule has 2 bridgehead atoms. The second-order valence-electron chi connectivity index (χ2n) is 5.85. The molecule has 3 nitrogen and oxygen atoms in total. The Morgan fingerprint density at radius 2 is 1.68 bits per heavy atom. The lowest BCUT2D eigenvalue weighted by Crippen LogP contribution is -2.31. The zero-order chi connectivity index (χ0) is 13.6. The third kappa shape index (κ3) is 1.70. The number of rotatable bonds is 1. The van der Waals surface area contributed by atoms with Gasteiger partial charge in [0.1, 0.15) is 0 Å². The van der Waals surface area contributed by atoms with Crippen molar-refractivity contribution in [3.63, 3.8) is 0 Å². The van der Waals surface area contributed by atoms with Crippen molar-refractivity contribution in [3.05, 3.63) is 34.7 Å². The van der Waals surface area contributed by atoms with E-state index in [1.54, 1.807) is 0 Å². The molecule has 19 heavy (non-hydrogen) atoms. The molecule has 3 rings (SSSR count). The molecule has 0 aromatic carbocycles. The fourth-order valence-electron chi connectivity index (χ4n) is 3.97. The van der Waals surface area contributed by atoms with Crippen molar-refractivity contribution in [1.82, 2.24) is 5.32 Å². The van der Waals surface area contributed by atoms with Crippen LogP contribution in [0.1, 0.15) is 26.7 Å². The largest absolute Gasteiger partial charge is 0.361 e. The van der Waals surface area contributed by atoms with Gasteiger partial charge in [0.15, 0.2) is 0 Å². The summed E-state index contributed by atoms with van der Waals surface area (Å²) in [7, 11) is 0. The quantitative estimate of drug-likeness (QED) is 0.729. The molecule has 3 heteroatoms. The van der Waals surface area contributed by atoms with Gasteiger partial charge in [-0.1, -0.05) is 12.2 Å². The van der Waals surface area contributed by atoms with Gasteiger partial charge >= 0.3 is 0 Å². The van der Waals surface area contributed by atoms with Crippen LogP contribution >= 0.6 is 0 Å². The van der Waals surface area contributed by atoms with E-state index in [0.29, 0.717) is 17.8 Å². The fraction of sp³-hybridized carbons (Fsp3) is 0.500. The van der Waals surface area contributed by atoms with Gasteiger partial charge in [0.25, 0.3) is 0 Å². The van der Waals surface area contributed by atoms with Crippen molar-refractivity contribution in [2.45, 2.75) is 26.7 Å². The van der Waals surface area contributed by atoms with Gasteiger partial charge in [-0.25, -0.2) is 0 Å². The van der Waals surface area contributed by atoms with Crippen LogP contribution in [0.4, 0.5) is 0 Å². The molecule has 0 amide bonds. The van der Waals surface area contributed by atoms with Crippen molar-refractivity contribution >= 4 is 0 Å². The topological polar surface area (TPSA) is 59.6 Å². The first-order valence-electron chi connectivity index (χ1n) is 6.82. The molecule has 0 radical (unpaired) electrons. The van der Waals surface area contributed by atoms with Crippen LogP contribution in [-0.2, 0) is 0 Å². The van der Waals surface area contributed by atoms with E-state index in [2.05, 4.69) is 29.6 Å². The Kier molecular flexibility index (Phi) is 2.72. The summed E-state index contributed by atoms with van der Waals surface area (Å²) in [6, 6.07) is 4.67. The van der Waals surface area contributed by atoms with Crippen LogP contribution in [0, 0.1) is 46.3 Å². The summed E-state index contributed by atoms with van der Waals surface area (Å²) in [6.45, 7) is 3.87. The predicted molar refractivity (Wildman–Crippen MR) is 72.1 cm³/mol. The lowest BCUT2D eigenvalue weighted by Gasteiger charge is -2.33. The minimum Gasteiger partial charge on any atom is -0.361 e. The number of hydrogen-bond donors (Lipinski definition) is 1. The van der Waals surface area contributed by atoms with Crippen molar-refractivity contribution < 1.29 is 0 Å². The highest BCUT2D eigenvalue weighted by Crippen LogP contribution is 2.51. The van der Waals surface area contributed by atoms with Gasteiger partial charge in [0, 0.05) is 17.3 Å². The Morgan fingerprint density at radius 1 is 1.05 bits per heavy atom. The van der Waals surface area contributed by atoms with Gasteiger partial charge < -0.3 is 5.32 Å². The molecule has 3 atom stereocenters. The zero-order valence-electron chi connectivity index (χ0n) is 11.3. The van der Waals surface area contributed by atoms with E-state index < -0.39 is 0 Å². The number of nitrogens with one attached hydrogen (secondary N) is 1. The van der Waals surface area contributed by atoms with Gasteiger partial charge in [-0.3, -0.25) is 0 Å². The van der Waals surface area contributed by atoms with Crippen molar-refractivity contribution in [3.8, 4) is 12.1 Å². The van der Waals surface area contributed by atoms with Gasteiger partial charge in [0.2, 0.25) is 0 Å². The molecule has 0 unspecified atom stereocenters. The molecule has 1 N–H and O–H groups in total. The van der Waals surface area contributed by atoms with E-state index in [0.717, 1.165) is 29.0 Å². The molecular weight excluding hydrogens is 234 g/mol. The molecule has 1 heterocycles. The summed E-state index contributed by atoms with van der Waals surface area (Å²) in [5.74, 6) is 1.62. The molecular formula is C16H17N3. The third-order valence-electron chi connectivity index (χ3n) is 4.80.